The van der Waals surface area contributed by atoms with Crippen molar-refractivity contribution in [1.29, 1.82) is 0 Å². The van der Waals surface area contributed by atoms with Gasteiger partial charge >= 0.3 is 0 Å². The summed E-state index contributed by atoms with van der Waals surface area (Å²) in [5.41, 5.74) is 4.07. The highest BCUT2D eigenvalue weighted by molar-refractivity contribution is 6.07. The van der Waals surface area contributed by atoms with Crippen LogP contribution in [0.15, 0.2) is 46.1 Å². The fourth-order valence-electron chi connectivity index (χ4n) is 2.39. The van der Waals surface area contributed by atoms with Crippen molar-refractivity contribution in [2.24, 2.45) is 11.0 Å². The van der Waals surface area contributed by atoms with Crippen LogP contribution in [0.1, 0.15) is 29.5 Å². The summed E-state index contributed by atoms with van der Waals surface area (Å²) in [6.45, 7) is 1.89. The van der Waals surface area contributed by atoms with Gasteiger partial charge in [-0.2, -0.15) is 5.10 Å². The Kier molecular flexibility index (Phi) is 3.84. The first-order valence-electron chi connectivity index (χ1n) is 7.09. The number of nitrogens with zero attached hydrogens (tertiary/aromatic N) is 1. The third kappa shape index (κ3) is 3.08. The molecule has 0 saturated carbocycles. The lowest BCUT2D eigenvalue weighted by Gasteiger charge is -2.19. The van der Waals surface area contributed by atoms with Gasteiger partial charge in [0.15, 0.2) is 5.76 Å². The Bertz CT molecular complexity index is 781. The van der Waals surface area contributed by atoms with Gasteiger partial charge in [0, 0.05) is 17.9 Å². The van der Waals surface area contributed by atoms with E-state index in [2.05, 4.69) is 15.8 Å². The average molecular weight is 313 g/mol. The van der Waals surface area contributed by atoms with E-state index in [1.807, 2.05) is 6.92 Å². The quantitative estimate of drug-likeness (QED) is 0.755. The van der Waals surface area contributed by atoms with Gasteiger partial charge in [0.25, 0.3) is 5.91 Å². The molecule has 118 valence electrons. The number of phenols is 1. The molecule has 0 aliphatic carbocycles. The molecule has 1 unspecified atom stereocenters. The van der Waals surface area contributed by atoms with E-state index < -0.39 is 5.91 Å². The number of nitrogens with one attached hydrogen (secondary N) is 2. The van der Waals surface area contributed by atoms with Gasteiger partial charge in [0.2, 0.25) is 5.91 Å². The van der Waals surface area contributed by atoms with Gasteiger partial charge < -0.3 is 14.8 Å². The van der Waals surface area contributed by atoms with Crippen molar-refractivity contribution < 1.29 is 19.1 Å². The second kappa shape index (κ2) is 5.96. The van der Waals surface area contributed by atoms with Crippen LogP contribution in [0, 0.1) is 5.92 Å². The highest BCUT2D eigenvalue weighted by Gasteiger charge is 2.22. The normalized spacial score (nSPS) is 17.3. The topological polar surface area (TPSA) is 104 Å². The van der Waals surface area contributed by atoms with Gasteiger partial charge in [-0.05, 0) is 24.3 Å². The number of hydrazone groups is 1. The summed E-state index contributed by atoms with van der Waals surface area (Å²) in [6.07, 6.45) is 1.74. The molecule has 0 saturated heterocycles. The number of hydrogen-bond donors (Lipinski definition) is 3. The number of aromatic hydroxyl groups is 1. The summed E-state index contributed by atoms with van der Waals surface area (Å²) in [5.74, 6) is -0.566. The van der Waals surface area contributed by atoms with Crippen LogP contribution in [-0.2, 0) is 4.79 Å². The Morgan fingerprint density at radius 2 is 2.26 bits per heavy atom. The molecule has 1 aromatic heterocycles. The molecule has 0 spiro atoms. The van der Waals surface area contributed by atoms with E-state index in [4.69, 9.17) is 4.42 Å². The highest BCUT2D eigenvalue weighted by atomic mass is 16.3. The fourth-order valence-corrected chi connectivity index (χ4v) is 2.39. The minimum absolute atomic E-state index is 0.0493. The summed E-state index contributed by atoms with van der Waals surface area (Å²) < 4.78 is 5.00. The van der Waals surface area contributed by atoms with Crippen LogP contribution in [0.25, 0.3) is 0 Å². The number of anilines is 1. The maximum atomic E-state index is 11.9. The van der Waals surface area contributed by atoms with Gasteiger partial charge in [-0.1, -0.05) is 13.0 Å². The zero-order valence-electron chi connectivity index (χ0n) is 12.4. The van der Waals surface area contributed by atoms with E-state index in [1.165, 1.54) is 18.4 Å². The van der Waals surface area contributed by atoms with Crippen LogP contribution < -0.4 is 10.7 Å². The summed E-state index contributed by atoms with van der Waals surface area (Å²) in [7, 11) is 0. The van der Waals surface area contributed by atoms with Crippen LogP contribution in [-0.4, -0.2) is 22.6 Å². The summed E-state index contributed by atoms with van der Waals surface area (Å²) in [4.78, 5) is 23.2. The zero-order chi connectivity index (χ0) is 16.4. The Morgan fingerprint density at radius 1 is 1.43 bits per heavy atom. The van der Waals surface area contributed by atoms with Crippen LogP contribution in [0.2, 0.25) is 0 Å². The number of rotatable bonds is 3. The molecule has 3 rings (SSSR count). The summed E-state index contributed by atoms with van der Waals surface area (Å²) in [5, 5.41) is 16.7. The lowest BCUT2D eigenvalue weighted by atomic mass is 9.94. The van der Waals surface area contributed by atoms with Crippen LogP contribution in [0.4, 0.5) is 5.69 Å². The lowest BCUT2D eigenvalue weighted by Crippen LogP contribution is -2.31. The molecule has 1 aliphatic rings. The molecule has 7 nitrogen and oxygen atoms in total. The first-order valence-corrected chi connectivity index (χ1v) is 7.09. The molecule has 2 heterocycles. The Hall–Kier alpha value is -3.09. The molecule has 7 heteroatoms. The molecule has 1 aromatic carbocycles. The molecular weight excluding hydrogens is 298 g/mol. The summed E-state index contributed by atoms with van der Waals surface area (Å²) in [6, 6.07) is 7.95. The standard InChI is InChI=1S/C16H15N3O4/c1-9-7-14(21)18-19-15(9)10-4-5-11(12(20)8-10)17-16(22)13-3-2-6-23-13/h2-6,8-9,20H,7H2,1H3,(H,17,22)(H,18,21). The van der Waals surface area contributed by atoms with E-state index in [9.17, 15) is 14.7 Å². The van der Waals surface area contributed by atoms with Crippen molar-refractivity contribution in [2.75, 3.05) is 5.32 Å². The number of carbonyl (C=O) groups is 2. The van der Waals surface area contributed by atoms with Crippen LogP contribution in [0.3, 0.4) is 0 Å². The van der Waals surface area contributed by atoms with E-state index in [-0.39, 0.29) is 29.0 Å². The Balaban J connectivity index is 1.81. The fraction of sp³-hybridized carbons (Fsp3) is 0.188. The maximum Gasteiger partial charge on any atom is 0.291 e. The van der Waals surface area contributed by atoms with Crippen LogP contribution >= 0.6 is 0 Å². The highest BCUT2D eigenvalue weighted by Crippen LogP contribution is 2.27. The van der Waals surface area contributed by atoms with Crippen molar-refractivity contribution >= 4 is 23.2 Å². The minimum atomic E-state index is -0.450. The zero-order valence-corrected chi connectivity index (χ0v) is 12.4. The first kappa shape index (κ1) is 14.8. The van der Waals surface area contributed by atoms with Crippen molar-refractivity contribution in [3.63, 3.8) is 0 Å². The predicted molar refractivity (Wildman–Crippen MR) is 83.2 cm³/mol. The van der Waals surface area contributed by atoms with E-state index >= 15 is 0 Å². The van der Waals surface area contributed by atoms with Crippen molar-refractivity contribution in [3.05, 3.63) is 47.9 Å². The number of hydrogen-bond acceptors (Lipinski definition) is 5. The van der Waals surface area contributed by atoms with Gasteiger partial charge in [-0.15, -0.1) is 0 Å². The van der Waals surface area contributed by atoms with Gasteiger partial charge in [-0.3, -0.25) is 9.59 Å². The molecule has 0 fully saturated rings. The molecule has 3 N–H and O–H groups in total. The maximum absolute atomic E-state index is 11.9. The van der Waals surface area contributed by atoms with E-state index in [0.29, 0.717) is 17.7 Å². The van der Waals surface area contributed by atoms with Gasteiger partial charge in [0.05, 0.1) is 17.7 Å². The van der Waals surface area contributed by atoms with E-state index in [0.717, 1.165) is 0 Å². The number of amides is 2. The molecule has 2 aromatic rings. The number of carbonyl (C=O) groups excluding carboxylic acids is 2. The van der Waals surface area contributed by atoms with E-state index in [1.54, 1.807) is 18.2 Å². The van der Waals surface area contributed by atoms with Gasteiger partial charge in [0.1, 0.15) is 5.75 Å². The Labute approximate surface area is 132 Å². The minimum Gasteiger partial charge on any atom is -0.506 e. The van der Waals surface area contributed by atoms with Crippen molar-refractivity contribution in [3.8, 4) is 5.75 Å². The average Bonchev–Trinajstić information content (AvgIpc) is 3.04. The smallest absolute Gasteiger partial charge is 0.291 e. The Morgan fingerprint density at radius 3 is 2.91 bits per heavy atom. The predicted octanol–water partition coefficient (Wildman–Crippen LogP) is 2.10. The first-order chi connectivity index (χ1) is 11.0. The molecule has 23 heavy (non-hydrogen) atoms. The second-order valence-corrected chi connectivity index (χ2v) is 5.30. The number of benzene rings is 1. The summed E-state index contributed by atoms with van der Waals surface area (Å²) >= 11 is 0. The molecule has 0 bridgehead atoms. The SMILES string of the molecule is CC1CC(=O)NN=C1c1ccc(NC(=O)c2ccco2)c(O)c1. The van der Waals surface area contributed by atoms with Crippen LogP contribution in [0.5, 0.6) is 5.75 Å². The molecular formula is C16H15N3O4. The molecule has 1 atom stereocenters. The van der Waals surface area contributed by atoms with Gasteiger partial charge in [-0.25, -0.2) is 5.43 Å². The third-order valence-corrected chi connectivity index (χ3v) is 3.55. The third-order valence-electron chi connectivity index (χ3n) is 3.55. The molecule has 2 amide bonds. The molecule has 0 radical (unpaired) electrons. The number of furan rings is 1. The lowest BCUT2D eigenvalue weighted by molar-refractivity contribution is -0.121. The van der Waals surface area contributed by atoms with Crippen molar-refractivity contribution in [2.45, 2.75) is 13.3 Å². The molecule has 1 aliphatic heterocycles. The second-order valence-electron chi connectivity index (χ2n) is 5.30. The monoisotopic (exact) mass is 313 g/mol. The largest absolute Gasteiger partial charge is 0.506 e. The van der Waals surface area contributed by atoms with Crippen molar-refractivity contribution in [1.82, 2.24) is 5.43 Å². The number of phenolic OH excluding ortho intramolecular Hbond substituents is 1.